The number of quaternary nitrogens is 1. The Hall–Kier alpha value is -5.29. The van der Waals surface area contributed by atoms with Crippen LogP contribution in [0.15, 0.2) is 138 Å². The number of ether oxygens (including phenoxy) is 2. The van der Waals surface area contributed by atoms with Gasteiger partial charge in [0.05, 0.1) is 58.1 Å². The third-order valence-electron chi connectivity index (χ3n) is 9.73. The Morgan fingerprint density at radius 1 is 0.548 bits per heavy atom. The van der Waals surface area contributed by atoms with Gasteiger partial charge < -0.3 is 38.9 Å². The molecule has 0 fully saturated rings. The molecule has 5 rings (SSSR count). The smallest absolute Gasteiger partial charge is 0.193 e. The Balaban J connectivity index is 0.000000267. The fourth-order valence-electron chi connectivity index (χ4n) is 6.17. The molecule has 5 aromatic carbocycles. The van der Waals surface area contributed by atoms with Gasteiger partial charge in [-0.1, -0.05) is 78.4 Å². The Bertz CT molecular complexity index is 2110. The molecule has 0 spiro atoms. The molecule has 334 valence electrons. The normalized spacial score (nSPS) is 11.2. The molecule has 13 nitrogen and oxygen atoms in total. The topological polar surface area (TPSA) is 194 Å². The maximum atomic E-state index is 12.4. The number of ketones is 2. The zero-order valence-corrected chi connectivity index (χ0v) is 36.4. The van der Waals surface area contributed by atoms with Gasteiger partial charge in [-0.05, 0) is 74.0 Å². The van der Waals surface area contributed by atoms with Crippen LogP contribution >= 0.6 is 0 Å². The van der Waals surface area contributed by atoms with Gasteiger partial charge in [-0.2, -0.15) is 0 Å². The number of aryl methyl sites for hydroxylation is 1. The van der Waals surface area contributed by atoms with Crippen LogP contribution in [0.1, 0.15) is 50.2 Å². The van der Waals surface area contributed by atoms with E-state index in [1.165, 1.54) is 12.1 Å². The van der Waals surface area contributed by atoms with Gasteiger partial charge in [-0.15, -0.1) is 0 Å². The summed E-state index contributed by atoms with van der Waals surface area (Å²) in [4.78, 5) is 26.5. The minimum atomic E-state index is -4.27. The first-order valence-electron chi connectivity index (χ1n) is 20.5. The zero-order valence-electron chi connectivity index (χ0n) is 35.6. The molecule has 0 aliphatic carbocycles. The van der Waals surface area contributed by atoms with Crippen molar-refractivity contribution in [3.8, 4) is 11.5 Å². The Kier molecular flexibility index (Phi) is 22.7. The molecule has 0 saturated carbocycles. The second-order valence-corrected chi connectivity index (χ2v) is 16.0. The molecule has 0 aliphatic rings. The van der Waals surface area contributed by atoms with E-state index in [1.807, 2.05) is 67.4 Å². The van der Waals surface area contributed by atoms with Gasteiger partial charge in [-0.25, -0.2) is 8.42 Å². The van der Waals surface area contributed by atoms with Crippen LogP contribution in [-0.4, -0.2) is 140 Å². The SMILES string of the molecule is C[N+](CCO)(CCO)CCCOc1ccc(C(=O)c2ccccc2)cc1.Cc1ccc(S(=O)(=O)[O-])cc1.O=C(c1ccccc1)c1ccc(OCCCN(CCO)CCO)cc1. The van der Waals surface area contributed by atoms with Crippen molar-refractivity contribution in [2.45, 2.75) is 24.7 Å². The highest BCUT2D eigenvalue weighted by Gasteiger charge is 2.20. The van der Waals surface area contributed by atoms with E-state index in [1.54, 1.807) is 72.8 Å². The van der Waals surface area contributed by atoms with Crippen molar-refractivity contribution in [2.75, 3.05) is 86.0 Å². The summed E-state index contributed by atoms with van der Waals surface area (Å²) in [5, 5.41) is 36.3. The lowest BCUT2D eigenvalue weighted by atomic mass is 10.0. The zero-order chi connectivity index (χ0) is 45.2. The number of carbonyl (C=O) groups excluding carboxylic acids is 2. The molecule has 0 bridgehead atoms. The number of nitrogens with zero attached hydrogens (tertiary/aromatic N) is 2. The van der Waals surface area contributed by atoms with Crippen molar-refractivity contribution >= 4 is 21.7 Å². The molecule has 5 aromatic rings. The molecule has 0 unspecified atom stereocenters. The van der Waals surface area contributed by atoms with E-state index in [4.69, 9.17) is 29.9 Å². The van der Waals surface area contributed by atoms with Crippen LogP contribution in [0.25, 0.3) is 0 Å². The van der Waals surface area contributed by atoms with E-state index in [-0.39, 0.29) is 42.9 Å². The maximum Gasteiger partial charge on any atom is 0.193 e. The summed E-state index contributed by atoms with van der Waals surface area (Å²) in [6, 6.07) is 38.5. The lowest BCUT2D eigenvalue weighted by Gasteiger charge is -2.33. The molecule has 0 heterocycles. The Morgan fingerprint density at radius 3 is 1.34 bits per heavy atom. The Labute approximate surface area is 365 Å². The van der Waals surface area contributed by atoms with E-state index < -0.39 is 10.1 Å². The van der Waals surface area contributed by atoms with E-state index in [9.17, 15) is 22.6 Å². The number of hydrogen-bond acceptors (Lipinski definition) is 12. The maximum absolute atomic E-state index is 12.4. The third kappa shape index (κ3) is 18.8. The molecule has 0 radical (unpaired) electrons. The fourth-order valence-corrected chi connectivity index (χ4v) is 6.64. The van der Waals surface area contributed by atoms with E-state index in [0.29, 0.717) is 66.1 Å². The average Bonchev–Trinajstić information content (AvgIpc) is 3.28. The summed E-state index contributed by atoms with van der Waals surface area (Å²) in [7, 11) is -2.25. The molecule has 0 amide bonds. The molecule has 0 atom stereocenters. The lowest BCUT2D eigenvalue weighted by Crippen LogP contribution is -2.49. The highest BCUT2D eigenvalue weighted by molar-refractivity contribution is 7.85. The fraction of sp³-hybridized carbons (Fsp3) is 0.333. The first-order valence-corrected chi connectivity index (χ1v) is 21.9. The van der Waals surface area contributed by atoms with Gasteiger partial charge in [0.2, 0.25) is 0 Å². The van der Waals surface area contributed by atoms with Crippen molar-refractivity contribution in [3.63, 3.8) is 0 Å². The van der Waals surface area contributed by atoms with Crippen LogP contribution in [0, 0.1) is 6.92 Å². The summed E-state index contributed by atoms with van der Waals surface area (Å²) in [5.74, 6) is 1.45. The van der Waals surface area contributed by atoms with Crippen molar-refractivity contribution < 1.29 is 56.9 Å². The number of rotatable bonds is 23. The molecule has 14 heteroatoms. The second-order valence-electron chi connectivity index (χ2n) is 14.6. The average molecular weight is 873 g/mol. The van der Waals surface area contributed by atoms with E-state index in [0.717, 1.165) is 43.0 Å². The molecular weight excluding hydrogens is 813 g/mol. The molecular formula is C48H60N2O11S. The number of benzene rings is 5. The minimum Gasteiger partial charge on any atom is -0.744 e. The van der Waals surface area contributed by atoms with Gasteiger partial charge in [0.15, 0.2) is 11.6 Å². The number of aliphatic hydroxyl groups excluding tert-OH is 4. The van der Waals surface area contributed by atoms with Crippen LogP contribution in [0.3, 0.4) is 0 Å². The van der Waals surface area contributed by atoms with Crippen molar-refractivity contribution in [2.24, 2.45) is 0 Å². The number of hydrogen-bond donors (Lipinski definition) is 4. The quantitative estimate of drug-likeness (QED) is 0.0298. The van der Waals surface area contributed by atoms with E-state index >= 15 is 0 Å². The Morgan fingerprint density at radius 2 is 0.952 bits per heavy atom. The summed E-state index contributed by atoms with van der Waals surface area (Å²) >= 11 is 0. The van der Waals surface area contributed by atoms with Crippen molar-refractivity contribution in [3.05, 3.63) is 161 Å². The minimum absolute atomic E-state index is 0.00164. The highest BCUT2D eigenvalue weighted by atomic mass is 32.2. The van der Waals surface area contributed by atoms with Gasteiger partial charge in [0, 0.05) is 48.3 Å². The monoisotopic (exact) mass is 872 g/mol. The summed E-state index contributed by atoms with van der Waals surface area (Å²) in [5.41, 5.74) is 3.54. The van der Waals surface area contributed by atoms with Crippen LogP contribution in [-0.2, 0) is 10.1 Å². The predicted octanol–water partition coefficient (Wildman–Crippen LogP) is 4.99. The lowest BCUT2D eigenvalue weighted by molar-refractivity contribution is -0.910. The molecule has 0 saturated heterocycles. The van der Waals surface area contributed by atoms with Gasteiger partial charge in [-0.3, -0.25) is 14.5 Å². The molecule has 0 aromatic heterocycles. The van der Waals surface area contributed by atoms with Crippen LogP contribution in [0.2, 0.25) is 0 Å². The second kappa shape index (κ2) is 27.6. The molecule has 4 N–H and O–H groups in total. The van der Waals surface area contributed by atoms with Gasteiger partial charge in [0.25, 0.3) is 0 Å². The largest absolute Gasteiger partial charge is 0.744 e. The first-order chi connectivity index (χ1) is 29.8. The number of likely N-dealkylation sites (N-methyl/N-ethyl adjacent to an activating group) is 1. The summed E-state index contributed by atoms with van der Waals surface area (Å²) in [6.07, 6.45) is 1.62. The summed E-state index contributed by atoms with van der Waals surface area (Å²) in [6.45, 7) is 7.22. The van der Waals surface area contributed by atoms with Crippen molar-refractivity contribution in [1.82, 2.24) is 4.90 Å². The first kappa shape index (κ1) is 51.1. The van der Waals surface area contributed by atoms with E-state index in [2.05, 4.69) is 0 Å². The molecule has 0 aliphatic heterocycles. The van der Waals surface area contributed by atoms with Crippen LogP contribution in [0.4, 0.5) is 0 Å². The third-order valence-corrected chi connectivity index (χ3v) is 10.6. The van der Waals surface area contributed by atoms with Gasteiger partial charge >= 0.3 is 0 Å². The highest BCUT2D eigenvalue weighted by Crippen LogP contribution is 2.18. The van der Waals surface area contributed by atoms with Crippen LogP contribution < -0.4 is 9.47 Å². The molecule has 62 heavy (non-hydrogen) atoms. The van der Waals surface area contributed by atoms with Gasteiger partial charge in [0.1, 0.15) is 34.7 Å². The number of aliphatic hydroxyl groups is 4. The standard InChI is InChI=1S/C21H28NO4.C20H25NO4.C7H8O3S/c1-22(13-15-23,14-16-24)12-5-17-26-20-10-8-19(9-11-20)21(25)18-6-3-2-4-7-18;22-14-12-21(13-15-23)11-4-16-25-19-9-7-18(8-10-19)20(24)17-5-2-1-3-6-17;1-6-2-4-7(5-3-6)11(8,9)10/h2-4,6-11,23-24H,5,12-17H2,1H3;1-3,5-10,22-23H,4,11-16H2;2-5H,1H3,(H,8,9,10)/q+1;;/p-1. The van der Waals surface area contributed by atoms with Crippen LogP contribution in [0.5, 0.6) is 11.5 Å². The summed E-state index contributed by atoms with van der Waals surface area (Å²) < 4.78 is 43.2. The number of carbonyl (C=O) groups is 2. The predicted molar refractivity (Wildman–Crippen MR) is 238 cm³/mol. The van der Waals surface area contributed by atoms with Crippen molar-refractivity contribution in [1.29, 1.82) is 0 Å².